The van der Waals surface area contributed by atoms with E-state index in [2.05, 4.69) is 4.98 Å². The largest absolute Gasteiger partial charge is 0.503 e. The van der Waals surface area contributed by atoms with Gasteiger partial charge in [-0.3, -0.25) is 14.5 Å². The Labute approximate surface area is 184 Å². The highest BCUT2D eigenvalue weighted by atomic mass is 32.1. The third-order valence-corrected chi connectivity index (χ3v) is 6.90. The number of hydrogen-bond donors (Lipinski definition) is 1. The third kappa shape index (κ3) is 3.13. The number of thiazole rings is 1. The molecule has 1 aliphatic heterocycles. The van der Waals surface area contributed by atoms with Crippen LogP contribution in [0.1, 0.15) is 27.2 Å². The van der Waals surface area contributed by atoms with Gasteiger partial charge in [-0.2, -0.15) is 0 Å². The van der Waals surface area contributed by atoms with Crippen molar-refractivity contribution in [3.63, 3.8) is 0 Å². The molecule has 1 N–H and O–H groups in total. The lowest BCUT2D eigenvalue weighted by atomic mass is 10.0. The molecule has 4 heterocycles. The molecular formula is C22H16N2O5S2. The van der Waals surface area contributed by atoms with E-state index in [9.17, 15) is 14.7 Å². The van der Waals surface area contributed by atoms with Crippen molar-refractivity contribution in [3.8, 4) is 5.75 Å². The fourth-order valence-corrected chi connectivity index (χ4v) is 5.27. The SMILES string of the molecule is COc1ccc2nc(N3C(=O)C(O)=C(C(=O)c4cccs4)C3c3ccc(C)o3)sc2c1. The molecule has 0 fully saturated rings. The number of aliphatic hydroxyl groups is 1. The fraction of sp³-hybridized carbons (Fsp3) is 0.136. The Morgan fingerprint density at radius 2 is 2.10 bits per heavy atom. The van der Waals surface area contributed by atoms with Crippen LogP contribution in [-0.4, -0.2) is 28.9 Å². The molecule has 1 aliphatic rings. The number of Topliss-reactive ketones (excluding diaryl/α,β-unsaturated/α-hetero) is 1. The monoisotopic (exact) mass is 452 g/mol. The number of anilines is 1. The van der Waals surface area contributed by atoms with E-state index in [0.29, 0.717) is 32.8 Å². The smallest absolute Gasteiger partial charge is 0.296 e. The summed E-state index contributed by atoms with van der Waals surface area (Å²) >= 11 is 2.52. The van der Waals surface area contributed by atoms with Crippen molar-refractivity contribution in [2.45, 2.75) is 13.0 Å². The van der Waals surface area contributed by atoms with Crippen LogP contribution < -0.4 is 9.64 Å². The second-order valence-electron chi connectivity index (χ2n) is 6.92. The van der Waals surface area contributed by atoms with Gasteiger partial charge in [-0.1, -0.05) is 17.4 Å². The summed E-state index contributed by atoms with van der Waals surface area (Å²) in [6.07, 6.45) is 0. The number of methoxy groups -OCH3 is 1. The minimum atomic E-state index is -0.918. The average Bonchev–Trinajstić information content (AvgIpc) is 3.54. The summed E-state index contributed by atoms with van der Waals surface area (Å²) in [7, 11) is 1.58. The van der Waals surface area contributed by atoms with Gasteiger partial charge in [0.15, 0.2) is 10.9 Å². The first-order chi connectivity index (χ1) is 15.0. The number of hydrogen-bond acceptors (Lipinski definition) is 8. The highest BCUT2D eigenvalue weighted by Gasteiger charge is 2.47. The van der Waals surface area contributed by atoms with E-state index < -0.39 is 23.5 Å². The predicted molar refractivity (Wildman–Crippen MR) is 118 cm³/mol. The van der Waals surface area contributed by atoms with E-state index in [1.54, 1.807) is 55.8 Å². The number of amides is 1. The molecule has 5 rings (SSSR count). The number of carbonyl (C=O) groups excluding carboxylic acids is 2. The molecule has 3 aromatic heterocycles. The molecule has 0 aliphatic carbocycles. The van der Waals surface area contributed by atoms with Crippen LogP contribution in [0.2, 0.25) is 0 Å². The number of benzene rings is 1. The zero-order valence-electron chi connectivity index (χ0n) is 16.5. The Morgan fingerprint density at radius 3 is 2.77 bits per heavy atom. The summed E-state index contributed by atoms with van der Waals surface area (Å²) in [6.45, 7) is 1.78. The van der Waals surface area contributed by atoms with Crippen molar-refractivity contribution in [2.24, 2.45) is 0 Å². The Hall–Kier alpha value is -3.43. The first-order valence-corrected chi connectivity index (χ1v) is 11.0. The molecule has 1 atom stereocenters. The van der Waals surface area contributed by atoms with Crippen molar-refractivity contribution in [1.29, 1.82) is 0 Å². The number of furan rings is 1. The van der Waals surface area contributed by atoms with Crippen LogP contribution in [0.4, 0.5) is 5.13 Å². The van der Waals surface area contributed by atoms with Crippen LogP contribution in [0.3, 0.4) is 0 Å². The lowest BCUT2D eigenvalue weighted by Crippen LogP contribution is -2.30. The number of thiophene rings is 1. The number of nitrogens with zero attached hydrogens (tertiary/aromatic N) is 2. The van der Waals surface area contributed by atoms with Gasteiger partial charge in [-0.15, -0.1) is 11.3 Å². The maximum Gasteiger partial charge on any atom is 0.296 e. The van der Waals surface area contributed by atoms with E-state index in [4.69, 9.17) is 9.15 Å². The van der Waals surface area contributed by atoms with Gasteiger partial charge in [0.2, 0.25) is 5.78 Å². The molecule has 0 spiro atoms. The van der Waals surface area contributed by atoms with E-state index in [1.807, 2.05) is 6.07 Å². The standard InChI is InChI=1S/C22H16N2O5S2/c1-11-5-8-14(29-11)18-17(19(25)15-4-3-9-30-15)20(26)21(27)24(18)22-23-13-7-6-12(28-2)10-16(13)31-22/h3-10,18,26H,1-2H3. The number of ether oxygens (including phenoxy) is 1. The molecule has 0 radical (unpaired) electrons. The summed E-state index contributed by atoms with van der Waals surface area (Å²) in [5, 5.41) is 12.9. The molecule has 9 heteroatoms. The van der Waals surface area contributed by atoms with Crippen molar-refractivity contribution in [3.05, 3.63) is 75.6 Å². The topological polar surface area (TPSA) is 92.9 Å². The molecule has 156 valence electrons. The first-order valence-electron chi connectivity index (χ1n) is 9.33. The van der Waals surface area contributed by atoms with Gasteiger partial charge in [0, 0.05) is 0 Å². The quantitative estimate of drug-likeness (QED) is 0.426. The van der Waals surface area contributed by atoms with Gasteiger partial charge < -0.3 is 14.3 Å². The Balaban J connectivity index is 1.66. The van der Waals surface area contributed by atoms with E-state index in [0.717, 1.165) is 4.70 Å². The van der Waals surface area contributed by atoms with Gasteiger partial charge in [0.25, 0.3) is 5.91 Å². The van der Waals surface area contributed by atoms with Gasteiger partial charge >= 0.3 is 0 Å². The van der Waals surface area contributed by atoms with Crippen molar-refractivity contribution >= 4 is 49.7 Å². The molecule has 1 amide bonds. The van der Waals surface area contributed by atoms with E-state index in [1.165, 1.54) is 27.6 Å². The average molecular weight is 453 g/mol. The molecular weight excluding hydrogens is 436 g/mol. The number of carbonyl (C=O) groups is 2. The van der Waals surface area contributed by atoms with Crippen LogP contribution in [-0.2, 0) is 4.79 Å². The molecule has 0 saturated heterocycles. The van der Waals surface area contributed by atoms with Crippen molar-refractivity contribution in [1.82, 2.24) is 4.98 Å². The zero-order valence-corrected chi connectivity index (χ0v) is 18.1. The van der Waals surface area contributed by atoms with Crippen molar-refractivity contribution < 1.29 is 23.8 Å². The lowest BCUT2D eigenvalue weighted by Gasteiger charge is -2.22. The molecule has 4 aromatic rings. The molecule has 7 nitrogen and oxygen atoms in total. The molecule has 0 bridgehead atoms. The van der Waals surface area contributed by atoms with Crippen LogP contribution in [0, 0.1) is 6.92 Å². The number of rotatable bonds is 5. The fourth-order valence-electron chi connectivity index (χ4n) is 3.57. The maximum atomic E-state index is 13.2. The maximum absolute atomic E-state index is 13.2. The first kappa shape index (κ1) is 19.5. The summed E-state index contributed by atoms with van der Waals surface area (Å²) in [5.41, 5.74) is 0.666. The number of ketones is 1. The number of aryl methyl sites for hydroxylation is 1. The third-order valence-electron chi connectivity index (χ3n) is 5.02. The van der Waals surface area contributed by atoms with Gasteiger partial charge in [0.1, 0.15) is 23.3 Å². The lowest BCUT2D eigenvalue weighted by molar-refractivity contribution is -0.117. The minimum absolute atomic E-state index is 0.0152. The number of aromatic nitrogens is 1. The van der Waals surface area contributed by atoms with Crippen LogP contribution in [0.25, 0.3) is 10.2 Å². The van der Waals surface area contributed by atoms with Gasteiger partial charge in [-0.25, -0.2) is 4.98 Å². The molecule has 0 saturated carbocycles. The van der Waals surface area contributed by atoms with Gasteiger partial charge in [-0.05, 0) is 48.7 Å². The van der Waals surface area contributed by atoms with Gasteiger partial charge in [0.05, 0.1) is 27.8 Å². The van der Waals surface area contributed by atoms with E-state index >= 15 is 0 Å². The second kappa shape index (κ2) is 7.36. The van der Waals surface area contributed by atoms with Crippen molar-refractivity contribution in [2.75, 3.05) is 12.0 Å². The van der Waals surface area contributed by atoms with E-state index in [-0.39, 0.29) is 5.57 Å². The second-order valence-corrected chi connectivity index (χ2v) is 8.88. The normalized spacial score (nSPS) is 16.5. The zero-order chi connectivity index (χ0) is 21.7. The highest BCUT2D eigenvalue weighted by molar-refractivity contribution is 7.22. The minimum Gasteiger partial charge on any atom is -0.503 e. The summed E-state index contributed by atoms with van der Waals surface area (Å²) in [4.78, 5) is 32.7. The molecule has 31 heavy (non-hydrogen) atoms. The van der Waals surface area contributed by atoms with Crippen LogP contribution in [0.5, 0.6) is 5.75 Å². The Morgan fingerprint density at radius 1 is 1.26 bits per heavy atom. The summed E-state index contributed by atoms with van der Waals surface area (Å²) in [6, 6.07) is 11.4. The van der Waals surface area contributed by atoms with Crippen LogP contribution >= 0.6 is 22.7 Å². The molecule has 1 aromatic carbocycles. The Kier molecular flexibility index (Phi) is 4.64. The summed E-state index contributed by atoms with van der Waals surface area (Å²) in [5.74, 6) is -0.00923. The predicted octanol–water partition coefficient (Wildman–Crippen LogP) is 5.05. The number of aliphatic hydroxyl groups excluding tert-OH is 1. The number of fused-ring (bicyclic) bond motifs is 1. The molecule has 1 unspecified atom stereocenters. The van der Waals surface area contributed by atoms with Crippen LogP contribution in [0.15, 0.2) is 63.6 Å². The summed E-state index contributed by atoms with van der Waals surface area (Å²) < 4.78 is 11.9. The Bertz CT molecular complexity index is 1350. The highest BCUT2D eigenvalue weighted by Crippen LogP contribution is 2.45.